The van der Waals surface area contributed by atoms with E-state index in [1.165, 1.54) is 32.1 Å². The third-order valence-corrected chi connectivity index (χ3v) is 3.30. The Kier molecular flexibility index (Phi) is 18.1. The zero-order valence-corrected chi connectivity index (χ0v) is 15.7. The Balaban J connectivity index is 0. The molecule has 1 atom stereocenters. The van der Waals surface area contributed by atoms with Crippen LogP contribution in [0.4, 0.5) is 0 Å². The van der Waals surface area contributed by atoms with Crippen molar-refractivity contribution in [2.45, 2.75) is 65.0 Å². The molecule has 0 heterocycles. The maximum absolute atomic E-state index is 9.33. The van der Waals surface area contributed by atoms with Gasteiger partial charge < -0.3 is 16.6 Å². The number of aliphatic hydroxyl groups is 1. The molecule has 1 aromatic carbocycles. The number of thiol groups is 1. The quantitative estimate of drug-likeness (QED) is 0.623. The van der Waals surface area contributed by atoms with Gasteiger partial charge in [-0.15, -0.1) is 0 Å². The van der Waals surface area contributed by atoms with Gasteiger partial charge in [0.2, 0.25) is 0 Å². The van der Waals surface area contributed by atoms with Crippen LogP contribution in [0.5, 0.6) is 0 Å². The van der Waals surface area contributed by atoms with Gasteiger partial charge in [0, 0.05) is 12.6 Å². The first-order valence-corrected chi connectivity index (χ1v) is 9.18. The standard InChI is InChI=1S/C9H13NO.C6H13N.C2H6.CH4S/c1-7-3-2-4-8(5-7)9(11)6-10;7-6-4-2-1-3-5-6;2*1-2/h2-5,9,11H,6,10H2,1H3;6H,1-5,7H2;1-2H3;2H,1H3. The fraction of sp³-hybridized carbons (Fsp3) is 0.667. The highest BCUT2D eigenvalue weighted by Crippen LogP contribution is 2.14. The minimum Gasteiger partial charge on any atom is -0.387 e. The van der Waals surface area contributed by atoms with Crippen molar-refractivity contribution < 1.29 is 5.11 Å². The van der Waals surface area contributed by atoms with Gasteiger partial charge in [0.1, 0.15) is 0 Å². The van der Waals surface area contributed by atoms with Crippen molar-refractivity contribution in [2.75, 3.05) is 12.8 Å². The Labute approximate surface area is 142 Å². The Hall–Kier alpha value is -0.550. The molecule has 1 aliphatic rings. The second kappa shape index (κ2) is 16.8. The van der Waals surface area contributed by atoms with Crippen molar-refractivity contribution in [3.8, 4) is 0 Å². The average molecular weight is 329 g/mol. The molecular weight excluding hydrogens is 292 g/mol. The van der Waals surface area contributed by atoms with Crippen molar-refractivity contribution >= 4 is 12.6 Å². The van der Waals surface area contributed by atoms with Crippen LogP contribution in [-0.2, 0) is 0 Å². The van der Waals surface area contributed by atoms with E-state index in [2.05, 4.69) is 12.6 Å². The molecule has 3 nitrogen and oxygen atoms in total. The summed E-state index contributed by atoms with van der Waals surface area (Å²) in [6, 6.07) is 8.27. The van der Waals surface area contributed by atoms with Gasteiger partial charge in [0.25, 0.3) is 0 Å². The maximum atomic E-state index is 9.33. The minimum atomic E-state index is -0.519. The highest BCUT2D eigenvalue weighted by molar-refractivity contribution is 7.79. The first kappa shape index (κ1) is 23.7. The summed E-state index contributed by atoms with van der Waals surface area (Å²) in [7, 11) is 0. The smallest absolute Gasteiger partial charge is 0.0912 e. The molecule has 1 aliphatic carbocycles. The fourth-order valence-electron chi connectivity index (χ4n) is 2.15. The lowest BCUT2D eigenvalue weighted by Crippen LogP contribution is -2.22. The highest BCUT2D eigenvalue weighted by atomic mass is 32.1. The van der Waals surface area contributed by atoms with Crippen LogP contribution < -0.4 is 11.5 Å². The summed E-state index contributed by atoms with van der Waals surface area (Å²) >= 11 is 3.53. The summed E-state index contributed by atoms with van der Waals surface area (Å²) in [5.41, 5.74) is 13.0. The molecule has 0 spiro atoms. The van der Waals surface area contributed by atoms with E-state index in [-0.39, 0.29) is 6.54 Å². The SMILES string of the molecule is CC.CS.Cc1cccc(C(O)CN)c1.NC1CCCCC1. The molecule has 5 N–H and O–H groups in total. The summed E-state index contributed by atoms with van der Waals surface area (Å²) in [5, 5.41) is 9.33. The lowest BCUT2D eigenvalue weighted by atomic mass is 9.97. The van der Waals surface area contributed by atoms with Gasteiger partial charge in [-0.25, -0.2) is 0 Å². The third-order valence-electron chi connectivity index (χ3n) is 3.30. The van der Waals surface area contributed by atoms with Gasteiger partial charge in [0.15, 0.2) is 0 Å². The molecule has 4 heteroatoms. The zero-order chi connectivity index (χ0) is 17.4. The van der Waals surface area contributed by atoms with Crippen molar-refractivity contribution in [1.29, 1.82) is 0 Å². The number of rotatable bonds is 2. The van der Waals surface area contributed by atoms with E-state index in [4.69, 9.17) is 11.5 Å². The van der Waals surface area contributed by atoms with E-state index in [1.54, 1.807) is 6.26 Å². The molecule has 0 amide bonds. The van der Waals surface area contributed by atoms with Crippen LogP contribution in [0, 0.1) is 6.92 Å². The minimum absolute atomic E-state index is 0.281. The fourth-order valence-corrected chi connectivity index (χ4v) is 2.15. The van der Waals surface area contributed by atoms with Crippen LogP contribution in [0.15, 0.2) is 24.3 Å². The van der Waals surface area contributed by atoms with Gasteiger partial charge in [-0.2, -0.15) is 12.6 Å². The zero-order valence-electron chi connectivity index (χ0n) is 14.8. The molecule has 1 fully saturated rings. The van der Waals surface area contributed by atoms with E-state index < -0.39 is 6.10 Å². The summed E-state index contributed by atoms with van der Waals surface area (Å²) < 4.78 is 0. The van der Waals surface area contributed by atoms with E-state index in [0.717, 1.165) is 11.1 Å². The van der Waals surface area contributed by atoms with Crippen molar-refractivity contribution in [3.05, 3.63) is 35.4 Å². The van der Waals surface area contributed by atoms with Crippen molar-refractivity contribution in [1.82, 2.24) is 0 Å². The lowest BCUT2D eigenvalue weighted by Gasteiger charge is -2.15. The molecule has 2 rings (SSSR count). The highest BCUT2D eigenvalue weighted by Gasteiger charge is 2.06. The lowest BCUT2D eigenvalue weighted by molar-refractivity contribution is 0.186. The number of benzene rings is 1. The number of hydrogen-bond acceptors (Lipinski definition) is 4. The number of hydrogen-bond donors (Lipinski definition) is 4. The molecule has 0 bridgehead atoms. The van der Waals surface area contributed by atoms with Gasteiger partial charge in [-0.1, -0.05) is 62.9 Å². The van der Waals surface area contributed by atoms with Gasteiger partial charge in [-0.3, -0.25) is 0 Å². The average Bonchev–Trinajstić information content (AvgIpc) is 2.59. The second-order valence-electron chi connectivity index (χ2n) is 5.06. The predicted octanol–water partition coefficient (Wildman–Crippen LogP) is 3.84. The molecule has 0 aliphatic heterocycles. The first-order valence-electron chi connectivity index (χ1n) is 8.28. The Morgan fingerprint density at radius 1 is 1.18 bits per heavy atom. The molecular formula is C18H36N2OS. The number of aryl methyl sites for hydroxylation is 1. The molecule has 0 aromatic heterocycles. The van der Waals surface area contributed by atoms with Crippen LogP contribution in [0.3, 0.4) is 0 Å². The van der Waals surface area contributed by atoms with E-state index >= 15 is 0 Å². The maximum Gasteiger partial charge on any atom is 0.0912 e. The van der Waals surface area contributed by atoms with Crippen LogP contribution in [0.25, 0.3) is 0 Å². The molecule has 0 radical (unpaired) electrons. The van der Waals surface area contributed by atoms with Crippen LogP contribution in [0.1, 0.15) is 63.2 Å². The molecule has 0 saturated heterocycles. The number of aliphatic hydroxyl groups excluding tert-OH is 1. The van der Waals surface area contributed by atoms with E-state index in [0.29, 0.717) is 6.04 Å². The largest absolute Gasteiger partial charge is 0.387 e. The van der Waals surface area contributed by atoms with Gasteiger partial charge >= 0.3 is 0 Å². The molecule has 130 valence electrons. The van der Waals surface area contributed by atoms with E-state index in [1.807, 2.05) is 45.0 Å². The normalized spacial score (nSPS) is 15.1. The first-order chi connectivity index (χ1) is 10.6. The van der Waals surface area contributed by atoms with Crippen molar-refractivity contribution in [2.24, 2.45) is 11.5 Å². The Bertz CT molecular complexity index is 342. The van der Waals surface area contributed by atoms with Crippen LogP contribution in [0.2, 0.25) is 0 Å². The summed E-state index contributed by atoms with van der Waals surface area (Å²) in [6.07, 6.45) is 7.84. The summed E-state index contributed by atoms with van der Waals surface area (Å²) in [4.78, 5) is 0. The van der Waals surface area contributed by atoms with Crippen LogP contribution >= 0.6 is 12.6 Å². The topological polar surface area (TPSA) is 72.3 Å². The Morgan fingerprint density at radius 3 is 2.09 bits per heavy atom. The predicted molar refractivity (Wildman–Crippen MR) is 103 cm³/mol. The molecule has 22 heavy (non-hydrogen) atoms. The van der Waals surface area contributed by atoms with Crippen molar-refractivity contribution in [3.63, 3.8) is 0 Å². The molecule has 1 unspecified atom stereocenters. The third kappa shape index (κ3) is 12.0. The van der Waals surface area contributed by atoms with Gasteiger partial charge in [-0.05, 0) is 31.6 Å². The van der Waals surface area contributed by atoms with E-state index in [9.17, 15) is 5.11 Å². The summed E-state index contributed by atoms with van der Waals surface area (Å²) in [6.45, 7) is 6.27. The number of nitrogens with two attached hydrogens (primary N) is 2. The van der Waals surface area contributed by atoms with Crippen LogP contribution in [-0.4, -0.2) is 23.9 Å². The monoisotopic (exact) mass is 328 g/mol. The molecule has 1 saturated carbocycles. The molecule has 1 aromatic rings. The van der Waals surface area contributed by atoms with Gasteiger partial charge in [0.05, 0.1) is 6.10 Å². The summed E-state index contributed by atoms with van der Waals surface area (Å²) in [5.74, 6) is 0. The Morgan fingerprint density at radius 2 is 1.73 bits per heavy atom. The second-order valence-corrected chi connectivity index (χ2v) is 5.06.